The van der Waals surface area contributed by atoms with Crippen LogP contribution >= 0.6 is 0 Å². The Bertz CT molecular complexity index is 674. The molecule has 3 rings (SSSR count). The minimum atomic E-state index is 0.192. The van der Waals surface area contributed by atoms with E-state index in [-0.39, 0.29) is 5.78 Å². The number of benzene rings is 1. The summed E-state index contributed by atoms with van der Waals surface area (Å²) in [6.07, 6.45) is 8.23. The Balaban J connectivity index is 1.82. The van der Waals surface area contributed by atoms with Gasteiger partial charge in [0, 0.05) is 6.54 Å². The number of imidazole rings is 1. The zero-order valence-electron chi connectivity index (χ0n) is 12.6. The summed E-state index contributed by atoms with van der Waals surface area (Å²) in [5.41, 5.74) is 3.42. The lowest BCUT2D eigenvalue weighted by atomic mass is 9.94. The number of aryl methyl sites for hydroxylation is 1. The molecule has 21 heavy (non-hydrogen) atoms. The Morgan fingerprint density at radius 1 is 1.24 bits per heavy atom. The topological polar surface area (TPSA) is 34.9 Å². The molecule has 1 saturated carbocycles. The van der Waals surface area contributed by atoms with Gasteiger partial charge in [-0.05, 0) is 50.8 Å². The van der Waals surface area contributed by atoms with E-state index in [1.807, 2.05) is 24.3 Å². The first-order valence-electron chi connectivity index (χ1n) is 7.94. The summed E-state index contributed by atoms with van der Waals surface area (Å²) in [7, 11) is 0. The molecule has 0 unspecified atom stereocenters. The third-order valence-corrected chi connectivity index (χ3v) is 4.24. The molecule has 1 aliphatic rings. The van der Waals surface area contributed by atoms with Gasteiger partial charge in [-0.2, -0.15) is 0 Å². The van der Waals surface area contributed by atoms with Crippen LogP contribution < -0.4 is 0 Å². The Hall–Kier alpha value is -1.90. The molecule has 3 heteroatoms. The van der Waals surface area contributed by atoms with Gasteiger partial charge in [-0.1, -0.05) is 24.1 Å². The van der Waals surface area contributed by atoms with Gasteiger partial charge >= 0.3 is 0 Å². The molecule has 0 amide bonds. The number of allylic oxidation sites excluding steroid dienone is 2. The summed E-state index contributed by atoms with van der Waals surface area (Å²) in [6.45, 7) is 2.95. The van der Waals surface area contributed by atoms with E-state index < -0.39 is 0 Å². The van der Waals surface area contributed by atoms with Crippen LogP contribution in [0.15, 0.2) is 35.9 Å². The van der Waals surface area contributed by atoms with Crippen molar-refractivity contribution in [2.75, 3.05) is 0 Å². The molecule has 0 aliphatic heterocycles. The van der Waals surface area contributed by atoms with Crippen LogP contribution in [0.5, 0.6) is 0 Å². The lowest BCUT2D eigenvalue weighted by molar-refractivity contribution is -0.114. The van der Waals surface area contributed by atoms with Gasteiger partial charge in [0.15, 0.2) is 5.78 Å². The molecule has 1 fully saturated rings. The Morgan fingerprint density at radius 3 is 2.76 bits per heavy atom. The van der Waals surface area contributed by atoms with Crippen molar-refractivity contribution in [3.63, 3.8) is 0 Å². The van der Waals surface area contributed by atoms with E-state index in [1.165, 1.54) is 24.8 Å². The predicted molar refractivity (Wildman–Crippen MR) is 85.3 cm³/mol. The highest BCUT2D eigenvalue weighted by Crippen LogP contribution is 2.23. The molecule has 0 N–H and O–H groups in total. The second kappa shape index (κ2) is 6.25. The van der Waals surface area contributed by atoms with Crippen LogP contribution in [0.25, 0.3) is 11.0 Å². The second-order valence-electron chi connectivity index (χ2n) is 5.77. The summed E-state index contributed by atoms with van der Waals surface area (Å²) in [6, 6.07) is 8.09. The van der Waals surface area contributed by atoms with Gasteiger partial charge < -0.3 is 4.57 Å². The zero-order valence-corrected chi connectivity index (χ0v) is 12.6. The molecule has 0 bridgehead atoms. The zero-order chi connectivity index (χ0) is 14.7. The number of rotatable bonds is 4. The molecule has 3 nitrogen and oxygen atoms in total. The number of para-hydroxylation sites is 2. The monoisotopic (exact) mass is 282 g/mol. The lowest BCUT2D eigenvalue weighted by Gasteiger charge is -2.12. The number of fused-ring (bicyclic) bond motifs is 1. The smallest absolute Gasteiger partial charge is 0.163 e. The van der Waals surface area contributed by atoms with Gasteiger partial charge in [0.2, 0.25) is 0 Å². The molecule has 1 heterocycles. The Kier molecular flexibility index (Phi) is 4.18. The van der Waals surface area contributed by atoms with Crippen molar-refractivity contribution < 1.29 is 4.79 Å². The highest BCUT2D eigenvalue weighted by atomic mass is 16.1. The van der Waals surface area contributed by atoms with Crippen molar-refractivity contribution in [2.45, 2.75) is 52.0 Å². The van der Waals surface area contributed by atoms with E-state index >= 15 is 0 Å². The van der Waals surface area contributed by atoms with Gasteiger partial charge in [-0.15, -0.1) is 0 Å². The fraction of sp³-hybridized carbons (Fsp3) is 0.444. The third kappa shape index (κ3) is 3.07. The number of carbonyl (C=O) groups is 1. The number of nitrogens with zero attached hydrogens (tertiary/aromatic N) is 2. The molecule has 0 radical (unpaired) electrons. The van der Waals surface area contributed by atoms with E-state index in [9.17, 15) is 4.79 Å². The standard InChI is InChI=1S/C18H22N2O/c1-2-20-17-11-7-6-10-16(17)19-18(20)13-15(21)12-14-8-4-3-5-9-14/h6-7,10-12H,2-5,8-9,13H2,1H3. The summed E-state index contributed by atoms with van der Waals surface area (Å²) < 4.78 is 2.15. The van der Waals surface area contributed by atoms with E-state index in [2.05, 4.69) is 22.5 Å². The van der Waals surface area contributed by atoms with Crippen LogP contribution in [0.4, 0.5) is 0 Å². The maximum absolute atomic E-state index is 12.3. The highest BCUT2D eigenvalue weighted by molar-refractivity contribution is 5.92. The molecule has 0 atom stereocenters. The summed E-state index contributed by atoms with van der Waals surface area (Å²) in [4.78, 5) is 16.9. The van der Waals surface area contributed by atoms with E-state index in [1.54, 1.807) is 0 Å². The molecule has 0 saturated heterocycles. The van der Waals surface area contributed by atoms with Crippen LogP contribution in [0, 0.1) is 0 Å². The van der Waals surface area contributed by atoms with E-state index in [0.717, 1.165) is 36.2 Å². The fourth-order valence-corrected chi connectivity index (χ4v) is 3.20. The summed E-state index contributed by atoms with van der Waals surface area (Å²) in [5, 5.41) is 0. The number of hydrogen-bond acceptors (Lipinski definition) is 2. The molecule has 1 aromatic carbocycles. The Labute approximate surface area is 125 Å². The van der Waals surface area contributed by atoms with Crippen molar-refractivity contribution in [2.24, 2.45) is 0 Å². The van der Waals surface area contributed by atoms with Gasteiger partial charge in [0.05, 0.1) is 17.5 Å². The highest BCUT2D eigenvalue weighted by Gasteiger charge is 2.13. The minimum absolute atomic E-state index is 0.192. The van der Waals surface area contributed by atoms with Gasteiger partial charge in [-0.25, -0.2) is 4.98 Å². The van der Waals surface area contributed by atoms with Crippen molar-refractivity contribution in [3.05, 3.63) is 41.7 Å². The first-order valence-corrected chi connectivity index (χ1v) is 7.94. The molecule has 0 spiro atoms. The van der Waals surface area contributed by atoms with Crippen molar-refractivity contribution in [3.8, 4) is 0 Å². The Morgan fingerprint density at radius 2 is 2.00 bits per heavy atom. The summed E-state index contributed by atoms with van der Waals surface area (Å²) >= 11 is 0. The third-order valence-electron chi connectivity index (χ3n) is 4.24. The second-order valence-corrected chi connectivity index (χ2v) is 5.77. The molecule has 110 valence electrons. The molecule has 1 aliphatic carbocycles. The van der Waals surface area contributed by atoms with Crippen LogP contribution in [0.1, 0.15) is 44.9 Å². The van der Waals surface area contributed by atoms with Gasteiger partial charge in [0.1, 0.15) is 5.82 Å². The molecule has 2 aromatic rings. The molecular formula is C18H22N2O. The average molecular weight is 282 g/mol. The van der Waals surface area contributed by atoms with Crippen LogP contribution in [0.3, 0.4) is 0 Å². The predicted octanol–water partition coefficient (Wildman–Crippen LogP) is 4.06. The lowest BCUT2D eigenvalue weighted by Crippen LogP contribution is -2.09. The average Bonchev–Trinajstić information content (AvgIpc) is 2.85. The number of aromatic nitrogens is 2. The first kappa shape index (κ1) is 14.1. The number of ketones is 1. The number of hydrogen-bond donors (Lipinski definition) is 0. The van der Waals surface area contributed by atoms with E-state index in [4.69, 9.17) is 0 Å². The fourth-order valence-electron chi connectivity index (χ4n) is 3.20. The first-order chi connectivity index (χ1) is 10.3. The van der Waals surface area contributed by atoms with Gasteiger partial charge in [0.25, 0.3) is 0 Å². The van der Waals surface area contributed by atoms with Crippen molar-refractivity contribution in [1.82, 2.24) is 9.55 Å². The van der Waals surface area contributed by atoms with E-state index in [0.29, 0.717) is 6.42 Å². The van der Waals surface area contributed by atoms with Crippen LogP contribution in [-0.2, 0) is 17.8 Å². The van der Waals surface area contributed by atoms with Crippen molar-refractivity contribution >= 4 is 16.8 Å². The largest absolute Gasteiger partial charge is 0.328 e. The van der Waals surface area contributed by atoms with Crippen LogP contribution in [0.2, 0.25) is 0 Å². The van der Waals surface area contributed by atoms with Gasteiger partial charge in [-0.3, -0.25) is 4.79 Å². The molecular weight excluding hydrogens is 260 g/mol. The minimum Gasteiger partial charge on any atom is -0.328 e. The maximum Gasteiger partial charge on any atom is 0.163 e. The summed E-state index contributed by atoms with van der Waals surface area (Å²) in [5.74, 6) is 1.08. The normalized spacial score (nSPS) is 15.4. The SMILES string of the molecule is CCn1c(CC(=O)C=C2CCCCC2)nc2ccccc21. The van der Waals surface area contributed by atoms with Crippen molar-refractivity contribution in [1.29, 1.82) is 0 Å². The van der Waals surface area contributed by atoms with Crippen LogP contribution in [-0.4, -0.2) is 15.3 Å². The number of carbonyl (C=O) groups excluding carboxylic acids is 1. The molecule has 1 aromatic heterocycles. The maximum atomic E-state index is 12.3. The quantitative estimate of drug-likeness (QED) is 0.793.